The molecule has 1 aliphatic rings. The van der Waals surface area contributed by atoms with Gasteiger partial charge in [-0.05, 0) is 50.3 Å². The molecule has 0 fully saturated rings. The van der Waals surface area contributed by atoms with E-state index in [9.17, 15) is 0 Å². The molecule has 24 heavy (non-hydrogen) atoms. The zero-order valence-electron chi connectivity index (χ0n) is 14.5. The number of hydrogen-bond donors (Lipinski definition) is 1. The number of hydrogen-bond acceptors (Lipinski definition) is 5. The van der Waals surface area contributed by atoms with Gasteiger partial charge in [-0.1, -0.05) is 12.1 Å². The molecule has 2 aromatic rings. The third kappa shape index (κ3) is 4.23. The van der Waals surface area contributed by atoms with Crippen LogP contribution < -0.4 is 10.1 Å². The SMILES string of the molecule is COc1cccc(COCCNc2nc(C)nc3c2CCCC3)c1. The molecule has 128 valence electrons. The lowest BCUT2D eigenvalue weighted by molar-refractivity contribution is 0.130. The lowest BCUT2D eigenvalue weighted by Crippen LogP contribution is -2.16. The van der Waals surface area contributed by atoms with E-state index in [2.05, 4.69) is 15.3 Å². The van der Waals surface area contributed by atoms with Gasteiger partial charge in [0.1, 0.15) is 17.4 Å². The Hall–Kier alpha value is -2.14. The van der Waals surface area contributed by atoms with E-state index in [0.717, 1.165) is 42.3 Å². The lowest BCUT2D eigenvalue weighted by Gasteiger charge is -2.19. The first-order valence-corrected chi connectivity index (χ1v) is 8.57. The fourth-order valence-electron chi connectivity index (χ4n) is 3.06. The smallest absolute Gasteiger partial charge is 0.133 e. The number of ether oxygens (including phenoxy) is 2. The first-order valence-electron chi connectivity index (χ1n) is 8.57. The maximum atomic E-state index is 5.75. The summed E-state index contributed by atoms with van der Waals surface area (Å²) in [5, 5.41) is 3.42. The summed E-state index contributed by atoms with van der Waals surface area (Å²) in [6, 6.07) is 7.95. The molecule has 0 spiro atoms. The predicted molar refractivity (Wildman–Crippen MR) is 94.6 cm³/mol. The van der Waals surface area contributed by atoms with Gasteiger partial charge in [-0.25, -0.2) is 9.97 Å². The highest BCUT2D eigenvalue weighted by Crippen LogP contribution is 2.25. The molecule has 0 saturated heterocycles. The normalized spacial score (nSPS) is 13.4. The van der Waals surface area contributed by atoms with Crippen molar-refractivity contribution in [1.29, 1.82) is 0 Å². The third-order valence-electron chi connectivity index (χ3n) is 4.24. The van der Waals surface area contributed by atoms with Crippen LogP contribution in [0.2, 0.25) is 0 Å². The fourth-order valence-corrected chi connectivity index (χ4v) is 3.06. The van der Waals surface area contributed by atoms with Gasteiger partial charge in [-0.15, -0.1) is 0 Å². The highest BCUT2D eigenvalue weighted by atomic mass is 16.5. The molecule has 0 aliphatic heterocycles. The van der Waals surface area contributed by atoms with E-state index in [0.29, 0.717) is 13.2 Å². The second-order valence-electron chi connectivity index (χ2n) is 6.08. The second kappa shape index (κ2) is 8.11. The van der Waals surface area contributed by atoms with Gasteiger partial charge in [0, 0.05) is 17.8 Å². The zero-order valence-corrected chi connectivity index (χ0v) is 14.5. The van der Waals surface area contributed by atoms with Crippen LogP contribution in [-0.2, 0) is 24.2 Å². The molecule has 1 aliphatic carbocycles. The summed E-state index contributed by atoms with van der Waals surface area (Å²) >= 11 is 0. The Bertz CT molecular complexity index is 688. The molecule has 1 heterocycles. The van der Waals surface area contributed by atoms with Crippen LogP contribution in [-0.4, -0.2) is 30.2 Å². The van der Waals surface area contributed by atoms with Crippen LogP contribution >= 0.6 is 0 Å². The number of aromatic nitrogens is 2. The Morgan fingerprint density at radius 3 is 2.92 bits per heavy atom. The second-order valence-corrected chi connectivity index (χ2v) is 6.08. The minimum Gasteiger partial charge on any atom is -0.497 e. The van der Waals surface area contributed by atoms with E-state index in [4.69, 9.17) is 9.47 Å². The van der Waals surface area contributed by atoms with Crippen LogP contribution in [0.15, 0.2) is 24.3 Å². The van der Waals surface area contributed by atoms with Gasteiger partial charge in [-0.2, -0.15) is 0 Å². The molecule has 0 saturated carbocycles. The van der Waals surface area contributed by atoms with E-state index in [1.807, 2.05) is 31.2 Å². The lowest BCUT2D eigenvalue weighted by atomic mass is 9.96. The number of aryl methyl sites for hydroxylation is 2. The Kier molecular flexibility index (Phi) is 5.64. The first kappa shape index (κ1) is 16.7. The van der Waals surface area contributed by atoms with Gasteiger partial charge in [0.2, 0.25) is 0 Å². The van der Waals surface area contributed by atoms with Gasteiger partial charge in [0.05, 0.1) is 20.3 Å². The van der Waals surface area contributed by atoms with Crippen molar-refractivity contribution >= 4 is 5.82 Å². The summed E-state index contributed by atoms with van der Waals surface area (Å²) < 4.78 is 11.0. The molecule has 0 atom stereocenters. The molecule has 1 aromatic carbocycles. The van der Waals surface area contributed by atoms with Crippen molar-refractivity contribution in [3.63, 3.8) is 0 Å². The van der Waals surface area contributed by atoms with E-state index in [-0.39, 0.29) is 0 Å². The molecule has 0 amide bonds. The summed E-state index contributed by atoms with van der Waals surface area (Å²) in [6.45, 7) is 3.92. The van der Waals surface area contributed by atoms with Gasteiger partial charge in [0.15, 0.2) is 0 Å². The molecule has 1 aromatic heterocycles. The number of rotatable bonds is 7. The molecule has 0 unspecified atom stereocenters. The van der Waals surface area contributed by atoms with E-state index < -0.39 is 0 Å². The highest BCUT2D eigenvalue weighted by Gasteiger charge is 2.16. The molecule has 0 radical (unpaired) electrons. The third-order valence-corrected chi connectivity index (χ3v) is 4.24. The van der Waals surface area contributed by atoms with Gasteiger partial charge < -0.3 is 14.8 Å². The average Bonchev–Trinajstić information content (AvgIpc) is 2.61. The number of benzene rings is 1. The van der Waals surface area contributed by atoms with Crippen LogP contribution in [0.1, 0.15) is 35.5 Å². The Labute approximate surface area is 143 Å². The summed E-state index contributed by atoms with van der Waals surface area (Å²) in [7, 11) is 1.67. The van der Waals surface area contributed by atoms with Crippen molar-refractivity contribution < 1.29 is 9.47 Å². The Balaban J connectivity index is 1.49. The van der Waals surface area contributed by atoms with Gasteiger partial charge >= 0.3 is 0 Å². The Morgan fingerprint density at radius 1 is 1.17 bits per heavy atom. The van der Waals surface area contributed by atoms with Crippen molar-refractivity contribution in [1.82, 2.24) is 9.97 Å². The largest absolute Gasteiger partial charge is 0.497 e. The molecular formula is C19H25N3O2. The van der Waals surface area contributed by atoms with Gasteiger partial charge in [0.25, 0.3) is 0 Å². The number of methoxy groups -OCH3 is 1. The minimum atomic E-state index is 0.583. The molecule has 1 N–H and O–H groups in total. The monoisotopic (exact) mass is 327 g/mol. The van der Waals surface area contributed by atoms with Crippen LogP contribution in [0.3, 0.4) is 0 Å². The number of nitrogens with zero attached hydrogens (tertiary/aromatic N) is 2. The minimum absolute atomic E-state index is 0.583. The van der Waals surface area contributed by atoms with Crippen molar-refractivity contribution in [3.8, 4) is 5.75 Å². The maximum absolute atomic E-state index is 5.75. The number of fused-ring (bicyclic) bond motifs is 1. The Morgan fingerprint density at radius 2 is 2.04 bits per heavy atom. The van der Waals surface area contributed by atoms with Crippen molar-refractivity contribution in [3.05, 3.63) is 46.9 Å². The van der Waals surface area contributed by atoms with Crippen molar-refractivity contribution in [2.24, 2.45) is 0 Å². The average molecular weight is 327 g/mol. The molecule has 5 nitrogen and oxygen atoms in total. The predicted octanol–water partition coefficient (Wildman–Crippen LogP) is 3.30. The molecule has 3 rings (SSSR count). The van der Waals surface area contributed by atoms with E-state index in [1.165, 1.54) is 24.1 Å². The summed E-state index contributed by atoms with van der Waals surface area (Å²) in [5.74, 6) is 2.69. The topological polar surface area (TPSA) is 56.3 Å². The number of nitrogens with one attached hydrogen (secondary N) is 1. The summed E-state index contributed by atoms with van der Waals surface area (Å²) in [6.07, 6.45) is 4.59. The van der Waals surface area contributed by atoms with Crippen LogP contribution in [0.4, 0.5) is 5.82 Å². The van der Waals surface area contributed by atoms with Crippen molar-refractivity contribution in [2.45, 2.75) is 39.2 Å². The van der Waals surface area contributed by atoms with Gasteiger partial charge in [-0.3, -0.25) is 0 Å². The summed E-state index contributed by atoms with van der Waals surface area (Å²) in [4.78, 5) is 9.15. The molecule has 0 bridgehead atoms. The van der Waals surface area contributed by atoms with E-state index in [1.54, 1.807) is 7.11 Å². The standard InChI is InChI=1S/C19H25N3O2/c1-14-21-18-9-4-3-8-17(18)19(22-14)20-10-11-24-13-15-6-5-7-16(12-15)23-2/h5-7,12H,3-4,8-11,13H2,1-2H3,(H,20,21,22). The summed E-state index contributed by atoms with van der Waals surface area (Å²) in [5.41, 5.74) is 3.62. The first-order chi connectivity index (χ1) is 11.8. The molecule has 5 heteroatoms. The van der Waals surface area contributed by atoms with Crippen LogP contribution in [0.25, 0.3) is 0 Å². The van der Waals surface area contributed by atoms with Crippen molar-refractivity contribution in [2.75, 3.05) is 25.6 Å². The van der Waals surface area contributed by atoms with Crippen LogP contribution in [0, 0.1) is 6.92 Å². The number of anilines is 1. The zero-order chi connectivity index (χ0) is 16.8. The molecular weight excluding hydrogens is 302 g/mol. The quantitative estimate of drug-likeness (QED) is 0.791. The maximum Gasteiger partial charge on any atom is 0.133 e. The fraction of sp³-hybridized carbons (Fsp3) is 0.474. The van der Waals surface area contributed by atoms with E-state index >= 15 is 0 Å². The highest BCUT2D eigenvalue weighted by molar-refractivity contribution is 5.47. The van der Waals surface area contributed by atoms with Crippen LogP contribution in [0.5, 0.6) is 5.75 Å².